The minimum Gasteiger partial charge on any atom is -0.493 e. The Morgan fingerprint density at radius 1 is 1.23 bits per heavy atom. The van der Waals surface area contributed by atoms with E-state index in [1.807, 2.05) is 6.07 Å². The van der Waals surface area contributed by atoms with Crippen LogP contribution in [0.25, 0.3) is 11.7 Å². The van der Waals surface area contributed by atoms with Crippen molar-refractivity contribution in [2.24, 2.45) is 4.99 Å². The minimum atomic E-state index is -0.472. The Bertz CT molecular complexity index is 1480. The molecule has 4 aromatic rings. The molecule has 1 fully saturated rings. The highest BCUT2D eigenvalue weighted by Gasteiger charge is 2.23. The number of aryl methyl sites for hydroxylation is 1. The molecular weight excluding hydrogens is 394 g/mol. The fourth-order valence-corrected chi connectivity index (χ4v) is 4.16. The van der Waals surface area contributed by atoms with Gasteiger partial charge >= 0.3 is 5.69 Å². The van der Waals surface area contributed by atoms with Crippen molar-refractivity contribution in [3.8, 4) is 5.88 Å². The number of rotatable bonds is 4. The van der Waals surface area contributed by atoms with Gasteiger partial charge in [-0.15, -0.1) is 0 Å². The number of aromatic amines is 2. The summed E-state index contributed by atoms with van der Waals surface area (Å²) in [6.45, 7) is 0. The van der Waals surface area contributed by atoms with E-state index in [0.29, 0.717) is 16.9 Å². The summed E-state index contributed by atoms with van der Waals surface area (Å²) in [5.74, 6) is 0.514. The van der Waals surface area contributed by atoms with Crippen LogP contribution < -0.4 is 21.7 Å². The monoisotopic (exact) mass is 415 g/mol. The third-order valence-corrected chi connectivity index (χ3v) is 5.83. The van der Waals surface area contributed by atoms with Crippen molar-refractivity contribution in [3.63, 3.8) is 0 Å². The Kier molecular flexibility index (Phi) is 3.95. The van der Waals surface area contributed by atoms with E-state index in [2.05, 4.69) is 44.6 Å². The fourth-order valence-electron chi connectivity index (χ4n) is 4.16. The van der Waals surface area contributed by atoms with E-state index < -0.39 is 5.69 Å². The molecule has 3 heterocycles. The van der Waals surface area contributed by atoms with Gasteiger partial charge in [0.1, 0.15) is 11.5 Å². The first kappa shape index (κ1) is 17.9. The summed E-state index contributed by atoms with van der Waals surface area (Å²) in [5, 5.41) is 18.6. The van der Waals surface area contributed by atoms with Gasteiger partial charge in [-0.3, -0.25) is 9.98 Å². The van der Waals surface area contributed by atoms with Gasteiger partial charge in [0.25, 0.3) is 0 Å². The summed E-state index contributed by atoms with van der Waals surface area (Å²) in [6.07, 6.45) is 7.54. The summed E-state index contributed by atoms with van der Waals surface area (Å²) < 4.78 is 1.71. The minimum absolute atomic E-state index is 0.195. The van der Waals surface area contributed by atoms with Gasteiger partial charge in [-0.2, -0.15) is 9.61 Å². The molecule has 2 aliphatic rings. The number of nitrogens with one attached hydrogen (secondary N) is 3. The summed E-state index contributed by atoms with van der Waals surface area (Å²) in [4.78, 5) is 26.0. The third-order valence-electron chi connectivity index (χ3n) is 5.83. The normalized spacial score (nSPS) is 19.3. The van der Waals surface area contributed by atoms with Gasteiger partial charge in [0, 0.05) is 11.3 Å². The molecule has 0 unspecified atom stereocenters. The van der Waals surface area contributed by atoms with Gasteiger partial charge < -0.3 is 15.4 Å². The van der Waals surface area contributed by atoms with Crippen LogP contribution in [-0.2, 0) is 6.42 Å². The molecule has 1 aromatic carbocycles. The van der Waals surface area contributed by atoms with Crippen molar-refractivity contribution in [2.45, 2.75) is 37.8 Å². The molecule has 0 spiro atoms. The molecule has 0 aliphatic heterocycles. The number of benzene rings is 1. The molecule has 0 saturated heterocycles. The van der Waals surface area contributed by atoms with Crippen LogP contribution in [0.5, 0.6) is 5.88 Å². The average molecular weight is 415 g/mol. The summed E-state index contributed by atoms with van der Waals surface area (Å²) >= 11 is 0. The van der Waals surface area contributed by atoms with Gasteiger partial charge in [0.2, 0.25) is 5.88 Å². The molecule has 156 valence electrons. The van der Waals surface area contributed by atoms with Gasteiger partial charge in [0.15, 0.2) is 11.1 Å². The second kappa shape index (κ2) is 6.83. The van der Waals surface area contributed by atoms with Crippen LogP contribution in [0.3, 0.4) is 0 Å². The Morgan fingerprint density at radius 2 is 2.10 bits per heavy atom. The van der Waals surface area contributed by atoms with E-state index in [4.69, 9.17) is 9.98 Å². The van der Waals surface area contributed by atoms with Crippen molar-refractivity contribution >= 4 is 17.5 Å². The first-order valence-corrected chi connectivity index (χ1v) is 10.4. The van der Waals surface area contributed by atoms with Gasteiger partial charge in [-0.25, -0.2) is 9.78 Å². The van der Waals surface area contributed by atoms with Crippen LogP contribution in [0.4, 0.5) is 5.82 Å². The molecule has 4 N–H and O–H groups in total. The standard InChI is InChI=1S/C22H21N7O2/c30-21-17(26-22(31)28-21)9-13-11-23-29-19(24-14-6-7-14)10-18(27-20(13)29)25-16-8-5-12-3-1-2-4-15(12)16/h1-4,9-11,14,16,25,30H,5-8H2,(H2,26,28,31)/b13-9-,24-19?/t16-/m1/s1. The smallest absolute Gasteiger partial charge is 0.326 e. The maximum Gasteiger partial charge on any atom is 0.326 e. The van der Waals surface area contributed by atoms with Crippen molar-refractivity contribution < 1.29 is 5.11 Å². The molecule has 6 rings (SSSR count). The number of nitrogens with zero attached hydrogens (tertiary/aromatic N) is 4. The molecule has 31 heavy (non-hydrogen) atoms. The lowest BCUT2D eigenvalue weighted by atomic mass is 10.1. The molecule has 0 radical (unpaired) electrons. The van der Waals surface area contributed by atoms with E-state index in [1.165, 1.54) is 11.1 Å². The highest BCUT2D eigenvalue weighted by atomic mass is 16.3. The summed E-state index contributed by atoms with van der Waals surface area (Å²) in [7, 11) is 0. The zero-order valence-electron chi connectivity index (χ0n) is 16.7. The number of imidazole rings is 1. The summed E-state index contributed by atoms with van der Waals surface area (Å²) in [5.41, 5.74) is 3.84. The molecular formula is C22H21N7O2. The Morgan fingerprint density at radius 3 is 2.90 bits per heavy atom. The predicted molar refractivity (Wildman–Crippen MR) is 115 cm³/mol. The molecule has 0 amide bonds. The quantitative estimate of drug-likeness (QED) is 0.398. The van der Waals surface area contributed by atoms with E-state index >= 15 is 0 Å². The topological polar surface area (TPSA) is 123 Å². The van der Waals surface area contributed by atoms with Crippen LogP contribution in [0.2, 0.25) is 0 Å². The number of aromatic hydroxyl groups is 1. The van der Waals surface area contributed by atoms with Gasteiger partial charge in [0.05, 0.1) is 18.3 Å². The lowest BCUT2D eigenvalue weighted by Gasteiger charge is -2.15. The van der Waals surface area contributed by atoms with Crippen LogP contribution >= 0.6 is 0 Å². The van der Waals surface area contributed by atoms with Crippen LogP contribution in [0.15, 0.2) is 46.3 Å². The molecule has 1 saturated carbocycles. The first-order chi connectivity index (χ1) is 15.1. The Hall–Kier alpha value is -3.88. The molecule has 3 aromatic heterocycles. The zero-order valence-corrected chi connectivity index (χ0v) is 16.7. The second-order valence-corrected chi connectivity index (χ2v) is 8.12. The van der Waals surface area contributed by atoms with Crippen molar-refractivity contribution in [1.82, 2.24) is 24.6 Å². The van der Waals surface area contributed by atoms with E-state index in [0.717, 1.165) is 37.0 Å². The second-order valence-electron chi connectivity index (χ2n) is 8.12. The van der Waals surface area contributed by atoms with E-state index in [1.54, 1.807) is 16.8 Å². The number of hydrogen-bond donors (Lipinski definition) is 4. The van der Waals surface area contributed by atoms with Crippen LogP contribution in [0, 0.1) is 0 Å². The average Bonchev–Trinajstić information content (AvgIpc) is 3.20. The molecule has 9 nitrogen and oxygen atoms in total. The fraction of sp³-hybridized carbons (Fsp3) is 0.273. The molecule has 2 aliphatic carbocycles. The number of hydrogen-bond acceptors (Lipinski definition) is 6. The van der Waals surface area contributed by atoms with Crippen LogP contribution in [0.1, 0.15) is 42.1 Å². The van der Waals surface area contributed by atoms with Crippen molar-refractivity contribution in [3.05, 3.63) is 74.5 Å². The Labute approximate surface area is 176 Å². The molecule has 1 atom stereocenters. The van der Waals surface area contributed by atoms with E-state index in [9.17, 15) is 9.90 Å². The summed E-state index contributed by atoms with van der Waals surface area (Å²) in [6, 6.07) is 10.9. The van der Waals surface area contributed by atoms with Crippen molar-refractivity contribution in [2.75, 3.05) is 5.32 Å². The largest absolute Gasteiger partial charge is 0.493 e. The SMILES string of the molecule is O=c1[nH]c(O)c(/C=c2/cnn3c(=NC4CC4)cc(N[C@@H]4CCc5ccccc54)nc23)[nH]1. The highest BCUT2D eigenvalue weighted by Crippen LogP contribution is 2.33. The maximum atomic E-state index is 11.5. The third kappa shape index (κ3) is 3.27. The van der Waals surface area contributed by atoms with Crippen LogP contribution in [-0.4, -0.2) is 35.7 Å². The zero-order chi connectivity index (χ0) is 20.9. The molecule has 9 heteroatoms. The number of aromatic nitrogens is 5. The first-order valence-electron chi connectivity index (χ1n) is 10.4. The van der Waals surface area contributed by atoms with Gasteiger partial charge in [-0.1, -0.05) is 24.3 Å². The van der Waals surface area contributed by atoms with Crippen molar-refractivity contribution in [1.29, 1.82) is 0 Å². The predicted octanol–water partition coefficient (Wildman–Crippen LogP) is 1.16. The highest BCUT2D eigenvalue weighted by molar-refractivity contribution is 5.58. The lowest BCUT2D eigenvalue weighted by molar-refractivity contribution is 0.454. The lowest BCUT2D eigenvalue weighted by Crippen LogP contribution is -2.21. The molecule has 0 bridgehead atoms. The maximum absolute atomic E-state index is 11.5. The Balaban J connectivity index is 1.48. The number of H-pyrrole nitrogens is 2. The number of fused-ring (bicyclic) bond motifs is 2. The van der Waals surface area contributed by atoms with Gasteiger partial charge in [-0.05, 0) is 42.9 Å². The van der Waals surface area contributed by atoms with E-state index in [-0.39, 0.29) is 17.6 Å². The number of anilines is 1.